The van der Waals surface area contributed by atoms with E-state index >= 15 is 0 Å². The number of amides is 1. The lowest BCUT2D eigenvalue weighted by molar-refractivity contribution is -0.138. The van der Waals surface area contributed by atoms with E-state index in [9.17, 15) is 9.59 Å². The summed E-state index contributed by atoms with van der Waals surface area (Å²) in [6, 6.07) is -0.264. The Hall–Kier alpha value is -0.510. The van der Waals surface area contributed by atoms with Gasteiger partial charge in [0.1, 0.15) is 6.04 Å². The van der Waals surface area contributed by atoms with Crippen molar-refractivity contribution in [2.45, 2.75) is 45.4 Å². The van der Waals surface area contributed by atoms with Crippen LogP contribution in [0.2, 0.25) is 0 Å². The van der Waals surface area contributed by atoms with Crippen LogP contribution in [0.25, 0.3) is 0 Å². The Morgan fingerprint density at radius 2 is 1.93 bits per heavy atom. The fraction of sp³-hybridized carbons (Fsp3) is 0.818. The maximum atomic E-state index is 12.1. The summed E-state index contributed by atoms with van der Waals surface area (Å²) >= 11 is 1.67. The van der Waals surface area contributed by atoms with Gasteiger partial charge < -0.3 is 4.90 Å². The molecule has 1 aliphatic heterocycles. The summed E-state index contributed by atoms with van der Waals surface area (Å²) in [4.78, 5) is 25.2. The molecule has 0 aliphatic carbocycles. The molecule has 1 amide bonds. The smallest absolute Gasteiger partial charge is 0.220 e. The van der Waals surface area contributed by atoms with Crippen LogP contribution in [0.15, 0.2) is 0 Å². The van der Waals surface area contributed by atoms with Gasteiger partial charge in [-0.05, 0) is 13.8 Å². The Balaban J connectivity index is 2.97. The third-order valence-electron chi connectivity index (χ3n) is 2.79. The molecule has 0 radical (unpaired) electrons. The molecule has 1 saturated heterocycles. The lowest BCUT2D eigenvalue weighted by atomic mass is 9.91. The molecule has 15 heavy (non-hydrogen) atoms. The molecule has 0 aromatic carbocycles. The molecule has 4 heteroatoms. The van der Waals surface area contributed by atoms with Crippen molar-refractivity contribution >= 4 is 23.5 Å². The minimum atomic E-state index is -0.264. The van der Waals surface area contributed by atoms with E-state index in [0.29, 0.717) is 5.88 Å². The molecular formula is C11H19NO2S. The summed E-state index contributed by atoms with van der Waals surface area (Å²) in [5.74, 6) is 0.771. The maximum Gasteiger partial charge on any atom is 0.220 e. The van der Waals surface area contributed by atoms with E-state index in [0.717, 1.165) is 0 Å². The van der Waals surface area contributed by atoms with Crippen LogP contribution < -0.4 is 0 Å². The molecule has 0 spiro atoms. The molecule has 0 unspecified atom stereocenters. The van der Waals surface area contributed by atoms with E-state index in [1.54, 1.807) is 16.7 Å². The van der Waals surface area contributed by atoms with Gasteiger partial charge >= 0.3 is 0 Å². The summed E-state index contributed by atoms with van der Waals surface area (Å²) in [7, 11) is 0. The van der Waals surface area contributed by atoms with Gasteiger partial charge in [-0.2, -0.15) is 0 Å². The van der Waals surface area contributed by atoms with Gasteiger partial charge in [-0.3, -0.25) is 9.59 Å². The highest BCUT2D eigenvalue weighted by molar-refractivity contribution is 8.00. The zero-order valence-electron chi connectivity index (χ0n) is 10.0. The number of ketones is 1. The first-order valence-electron chi connectivity index (χ1n) is 5.22. The van der Waals surface area contributed by atoms with Gasteiger partial charge in [0, 0.05) is 17.6 Å². The number of rotatable bonds is 2. The molecule has 1 fully saturated rings. The van der Waals surface area contributed by atoms with Crippen LogP contribution in [0.3, 0.4) is 0 Å². The molecule has 0 aromatic heterocycles. The zero-order valence-corrected chi connectivity index (χ0v) is 10.9. The minimum Gasteiger partial charge on any atom is -0.322 e. The van der Waals surface area contributed by atoms with E-state index in [1.165, 1.54) is 6.92 Å². The highest BCUT2D eigenvalue weighted by Crippen LogP contribution is 2.40. The molecule has 0 aromatic rings. The third kappa shape index (κ3) is 2.36. The van der Waals surface area contributed by atoms with E-state index < -0.39 is 0 Å². The number of thioether (sulfide) groups is 1. The number of carbonyl (C=O) groups excluding carboxylic acids is 2. The Kier molecular flexibility index (Phi) is 3.48. The van der Waals surface area contributed by atoms with E-state index in [1.807, 2.05) is 27.7 Å². The monoisotopic (exact) mass is 229 g/mol. The van der Waals surface area contributed by atoms with Crippen molar-refractivity contribution in [3.05, 3.63) is 0 Å². The molecular weight excluding hydrogens is 210 g/mol. The number of Topliss-reactive ketones (excluding diaryl/α,β-unsaturated/α-hetero) is 1. The van der Waals surface area contributed by atoms with Crippen molar-refractivity contribution < 1.29 is 9.59 Å². The first-order chi connectivity index (χ1) is 6.77. The fourth-order valence-corrected chi connectivity index (χ4v) is 3.05. The van der Waals surface area contributed by atoms with E-state index in [2.05, 4.69) is 0 Å². The highest BCUT2D eigenvalue weighted by atomic mass is 32.2. The summed E-state index contributed by atoms with van der Waals surface area (Å²) in [5, 5.41) is 0. The first-order valence-corrected chi connectivity index (χ1v) is 6.21. The first kappa shape index (κ1) is 12.6. The molecule has 3 nitrogen and oxygen atoms in total. The quantitative estimate of drug-likeness (QED) is 0.726. The van der Waals surface area contributed by atoms with Gasteiger partial charge in [0.25, 0.3) is 0 Å². The number of hydrogen-bond acceptors (Lipinski definition) is 3. The Bertz CT molecular complexity index is 286. The number of carbonyl (C=O) groups is 2. The predicted molar refractivity (Wildman–Crippen MR) is 62.7 cm³/mol. The molecule has 0 bridgehead atoms. The molecule has 1 heterocycles. The third-order valence-corrected chi connectivity index (χ3v) is 4.16. The second kappa shape index (κ2) is 4.16. The van der Waals surface area contributed by atoms with Crippen LogP contribution >= 0.6 is 11.8 Å². The topological polar surface area (TPSA) is 37.4 Å². The maximum absolute atomic E-state index is 12.1. The van der Waals surface area contributed by atoms with Crippen molar-refractivity contribution in [3.63, 3.8) is 0 Å². The van der Waals surface area contributed by atoms with Gasteiger partial charge in [0.05, 0.1) is 5.88 Å². The van der Waals surface area contributed by atoms with Crippen molar-refractivity contribution in [2.75, 3.05) is 5.88 Å². The second-order valence-electron chi connectivity index (χ2n) is 4.83. The van der Waals surface area contributed by atoms with Gasteiger partial charge in [-0.15, -0.1) is 11.8 Å². The van der Waals surface area contributed by atoms with E-state index in [4.69, 9.17) is 0 Å². The number of hydrogen-bond donors (Lipinski definition) is 0. The summed E-state index contributed by atoms with van der Waals surface area (Å²) in [6.45, 7) is 9.37. The molecule has 86 valence electrons. The van der Waals surface area contributed by atoms with Crippen LogP contribution in [0.4, 0.5) is 0 Å². The fourth-order valence-electron chi connectivity index (χ4n) is 1.85. The Morgan fingerprint density at radius 1 is 1.40 bits per heavy atom. The summed E-state index contributed by atoms with van der Waals surface area (Å²) < 4.78 is -0.160. The predicted octanol–water partition coefficient (Wildman–Crippen LogP) is 1.91. The van der Waals surface area contributed by atoms with Crippen LogP contribution in [-0.2, 0) is 9.59 Å². The van der Waals surface area contributed by atoms with Gasteiger partial charge in [0.15, 0.2) is 5.78 Å². The highest BCUT2D eigenvalue weighted by Gasteiger charge is 2.47. The minimum absolute atomic E-state index is 0.00734. The van der Waals surface area contributed by atoms with Crippen molar-refractivity contribution in [1.29, 1.82) is 0 Å². The average Bonchev–Trinajstić information content (AvgIpc) is 2.39. The molecule has 0 N–H and O–H groups in total. The van der Waals surface area contributed by atoms with Crippen molar-refractivity contribution in [1.82, 2.24) is 4.90 Å². The lowest BCUT2D eigenvalue weighted by Gasteiger charge is -2.30. The lowest BCUT2D eigenvalue weighted by Crippen LogP contribution is -2.49. The normalized spacial score (nSPS) is 24.7. The molecule has 1 atom stereocenters. The van der Waals surface area contributed by atoms with Crippen molar-refractivity contribution in [2.24, 2.45) is 5.92 Å². The van der Waals surface area contributed by atoms with Gasteiger partial charge in [0.2, 0.25) is 5.91 Å². The van der Waals surface area contributed by atoms with Crippen LogP contribution in [-0.4, -0.2) is 33.3 Å². The number of nitrogens with zero attached hydrogens (tertiary/aromatic N) is 1. The second-order valence-corrected chi connectivity index (χ2v) is 6.42. The van der Waals surface area contributed by atoms with Gasteiger partial charge in [-0.1, -0.05) is 13.8 Å². The summed E-state index contributed by atoms with van der Waals surface area (Å²) in [6.07, 6.45) is 0. The van der Waals surface area contributed by atoms with Crippen molar-refractivity contribution in [3.8, 4) is 0 Å². The van der Waals surface area contributed by atoms with E-state index in [-0.39, 0.29) is 28.4 Å². The molecule has 1 rings (SSSR count). The molecule has 0 saturated carbocycles. The van der Waals surface area contributed by atoms with Crippen LogP contribution in [0.1, 0.15) is 34.6 Å². The van der Waals surface area contributed by atoms with Crippen LogP contribution in [0, 0.1) is 5.92 Å². The largest absolute Gasteiger partial charge is 0.322 e. The summed E-state index contributed by atoms with van der Waals surface area (Å²) in [5.41, 5.74) is 0. The zero-order chi connectivity index (χ0) is 11.8. The van der Waals surface area contributed by atoms with Gasteiger partial charge in [-0.25, -0.2) is 0 Å². The Morgan fingerprint density at radius 3 is 2.33 bits per heavy atom. The average molecular weight is 229 g/mol. The Labute approximate surface area is 95.6 Å². The molecule has 1 aliphatic rings. The SMILES string of the molecule is CC(=O)N1CSC(C)(C)[C@H]1C(=O)C(C)C. The standard InChI is InChI=1S/C11H19NO2S/c1-7(2)9(14)10-11(4,5)15-6-12(10)8(3)13/h7,10H,6H2,1-5H3/t10-/m1/s1. The van der Waals surface area contributed by atoms with Crippen LogP contribution in [0.5, 0.6) is 0 Å².